The first-order valence-corrected chi connectivity index (χ1v) is 11.5. The van der Waals surface area contributed by atoms with Crippen molar-refractivity contribution in [2.75, 3.05) is 7.11 Å². The van der Waals surface area contributed by atoms with Crippen LogP contribution in [0.15, 0.2) is 89.5 Å². The van der Waals surface area contributed by atoms with Crippen molar-refractivity contribution < 1.29 is 19.1 Å². The number of nitrogens with one attached hydrogen (secondary N) is 1. The molecule has 0 radical (unpaired) electrons. The summed E-state index contributed by atoms with van der Waals surface area (Å²) in [4.78, 5) is 17.9. The Morgan fingerprint density at radius 1 is 1.09 bits per heavy atom. The van der Waals surface area contributed by atoms with Crippen LogP contribution in [0.2, 0.25) is 0 Å². The highest BCUT2D eigenvalue weighted by molar-refractivity contribution is 7.80. The number of hydrogen-bond acceptors (Lipinski definition) is 5. The second kappa shape index (κ2) is 9.60. The Kier molecular flexibility index (Phi) is 6.20. The van der Waals surface area contributed by atoms with Crippen LogP contribution in [0.1, 0.15) is 39.5 Å². The number of aromatic nitrogens is 1. The zero-order valence-corrected chi connectivity index (χ0v) is 19.7. The molecule has 0 aliphatic carbocycles. The number of nitrogens with zero attached hydrogens (tertiary/aromatic N) is 2. The average Bonchev–Trinajstić information content (AvgIpc) is 3.50. The van der Waals surface area contributed by atoms with E-state index in [0.717, 1.165) is 28.3 Å². The number of pyridine rings is 1. The van der Waals surface area contributed by atoms with Crippen LogP contribution in [-0.4, -0.2) is 33.2 Å². The quantitative estimate of drug-likeness (QED) is 0.345. The highest BCUT2D eigenvalue weighted by Crippen LogP contribution is 2.41. The van der Waals surface area contributed by atoms with E-state index >= 15 is 0 Å². The molecule has 2 aromatic heterocycles. The fourth-order valence-electron chi connectivity index (χ4n) is 4.26. The minimum absolute atomic E-state index is 0.199. The van der Waals surface area contributed by atoms with E-state index in [1.165, 1.54) is 0 Å². The monoisotopic (exact) mass is 485 g/mol. The molecule has 2 atom stereocenters. The molecule has 1 saturated heterocycles. The molecule has 1 aliphatic heterocycles. The Labute approximate surface area is 208 Å². The first-order valence-electron chi connectivity index (χ1n) is 11.1. The summed E-state index contributed by atoms with van der Waals surface area (Å²) >= 11 is 5.75. The van der Waals surface area contributed by atoms with Gasteiger partial charge in [0.05, 0.1) is 24.4 Å². The standard InChI is InChI=1S/C27H23N3O4S/c1-33-20-11-5-17(6-12-20)16-30-25(24(29-27(30)35)21-4-2-3-15-28-21)23-14-13-22(34-23)18-7-9-19(10-8-18)26(31)32/h2-15,24-25H,16H2,1H3,(H,29,35)(H,31,32)/t24-,25+/m0/s1. The van der Waals surface area contributed by atoms with Crippen molar-refractivity contribution in [1.82, 2.24) is 15.2 Å². The molecule has 2 aromatic carbocycles. The van der Waals surface area contributed by atoms with Gasteiger partial charge >= 0.3 is 5.97 Å². The molecule has 35 heavy (non-hydrogen) atoms. The summed E-state index contributed by atoms with van der Waals surface area (Å²) in [6, 6.07) is 23.7. The van der Waals surface area contributed by atoms with Gasteiger partial charge in [-0.15, -0.1) is 0 Å². The number of ether oxygens (including phenoxy) is 1. The van der Waals surface area contributed by atoms with Gasteiger partial charge in [0.1, 0.15) is 23.3 Å². The van der Waals surface area contributed by atoms with Crippen LogP contribution < -0.4 is 10.1 Å². The fraction of sp³-hybridized carbons (Fsp3) is 0.148. The lowest BCUT2D eigenvalue weighted by atomic mass is 10.0. The Balaban J connectivity index is 1.49. The van der Waals surface area contributed by atoms with Crippen LogP contribution in [0.25, 0.3) is 11.3 Å². The van der Waals surface area contributed by atoms with E-state index in [0.29, 0.717) is 17.4 Å². The van der Waals surface area contributed by atoms with Crippen molar-refractivity contribution in [2.24, 2.45) is 0 Å². The number of carboxylic acid groups (broad SMARTS) is 1. The van der Waals surface area contributed by atoms with E-state index in [1.807, 2.05) is 54.6 Å². The number of rotatable bonds is 7. The van der Waals surface area contributed by atoms with Crippen LogP contribution in [0.4, 0.5) is 0 Å². The van der Waals surface area contributed by atoms with E-state index in [2.05, 4.69) is 15.2 Å². The lowest BCUT2D eigenvalue weighted by Gasteiger charge is -2.26. The lowest BCUT2D eigenvalue weighted by Crippen LogP contribution is -2.29. The summed E-state index contributed by atoms with van der Waals surface area (Å²) < 4.78 is 11.6. The number of methoxy groups -OCH3 is 1. The second-order valence-electron chi connectivity index (χ2n) is 8.19. The van der Waals surface area contributed by atoms with Crippen LogP contribution in [-0.2, 0) is 6.54 Å². The predicted octanol–water partition coefficient (Wildman–Crippen LogP) is 5.22. The number of benzene rings is 2. The van der Waals surface area contributed by atoms with E-state index in [4.69, 9.17) is 21.4 Å². The highest BCUT2D eigenvalue weighted by atomic mass is 32.1. The summed E-state index contributed by atoms with van der Waals surface area (Å²) in [5.41, 5.74) is 2.97. The second-order valence-corrected chi connectivity index (χ2v) is 8.57. The SMILES string of the molecule is COc1ccc(CN2C(=S)N[C@@H](c3ccccn3)[C@H]2c2ccc(-c3ccc(C(=O)O)cc3)o2)cc1. The van der Waals surface area contributed by atoms with E-state index in [-0.39, 0.29) is 17.6 Å². The molecule has 4 aromatic rings. The van der Waals surface area contributed by atoms with Crippen molar-refractivity contribution in [3.63, 3.8) is 0 Å². The summed E-state index contributed by atoms with van der Waals surface area (Å²) in [6.07, 6.45) is 1.76. The number of aromatic carboxylic acids is 1. The van der Waals surface area contributed by atoms with E-state index < -0.39 is 5.97 Å². The Hall–Kier alpha value is -4.17. The normalized spacial score (nSPS) is 17.3. The number of carboxylic acids is 1. The first kappa shape index (κ1) is 22.6. The Morgan fingerprint density at radius 3 is 2.51 bits per heavy atom. The van der Waals surface area contributed by atoms with Crippen molar-refractivity contribution in [3.05, 3.63) is 108 Å². The zero-order valence-electron chi connectivity index (χ0n) is 18.9. The fourth-order valence-corrected chi connectivity index (χ4v) is 4.56. The van der Waals surface area contributed by atoms with E-state index in [9.17, 15) is 9.90 Å². The molecule has 1 fully saturated rings. The maximum atomic E-state index is 11.2. The molecule has 0 unspecified atom stereocenters. The Bertz CT molecular complexity index is 1340. The van der Waals surface area contributed by atoms with Gasteiger partial charge in [-0.1, -0.05) is 30.3 Å². The van der Waals surface area contributed by atoms with E-state index in [1.54, 1.807) is 37.6 Å². The molecule has 0 bridgehead atoms. The van der Waals surface area contributed by atoms with Gasteiger partial charge in [0, 0.05) is 18.3 Å². The summed E-state index contributed by atoms with van der Waals surface area (Å²) in [7, 11) is 1.64. The van der Waals surface area contributed by atoms with Crippen molar-refractivity contribution in [3.8, 4) is 17.1 Å². The molecule has 7 nitrogen and oxygen atoms in total. The van der Waals surface area contributed by atoms with Gasteiger partial charge in [-0.2, -0.15) is 0 Å². The van der Waals surface area contributed by atoms with Crippen molar-refractivity contribution in [2.45, 2.75) is 18.6 Å². The minimum atomic E-state index is -0.963. The molecule has 3 heterocycles. The van der Waals surface area contributed by atoms with Gasteiger partial charge in [0.15, 0.2) is 5.11 Å². The maximum absolute atomic E-state index is 11.2. The van der Waals surface area contributed by atoms with Gasteiger partial charge in [-0.25, -0.2) is 4.79 Å². The molecule has 5 rings (SSSR count). The molecule has 176 valence electrons. The molecule has 2 N–H and O–H groups in total. The summed E-state index contributed by atoms with van der Waals surface area (Å²) in [5, 5.41) is 13.2. The maximum Gasteiger partial charge on any atom is 0.335 e. The van der Waals surface area contributed by atoms with Crippen molar-refractivity contribution >= 4 is 23.3 Å². The molecule has 0 amide bonds. The van der Waals surface area contributed by atoms with Gasteiger partial charge in [0.2, 0.25) is 0 Å². The third-order valence-corrected chi connectivity index (χ3v) is 6.40. The number of thiocarbonyl (C=S) groups is 1. The molecular weight excluding hydrogens is 462 g/mol. The van der Waals surface area contributed by atoms with Crippen LogP contribution >= 0.6 is 12.2 Å². The zero-order chi connectivity index (χ0) is 24.4. The molecule has 0 saturated carbocycles. The predicted molar refractivity (Wildman–Crippen MR) is 135 cm³/mol. The molecule has 8 heteroatoms. The van der Waals surface area contributed by atoms with Gasteiger partial charge in [-0.05, 0) is 66.3 Å². The smallest absolute Gasteiger partial charge is 0.335 e. The third-order valence-electron chi connectivity index (χ3n) is 6.04. The van der Waals surface area contributed by atoms with Gasteiger partial charge < -0.3 is 24.5 Å². The third kappa shape index (κ3) is 4.61. The minimum Gasteiger partial charge on any atom is -0.497 e. The number of furan rings is 1. The van der Waals surface area contributed by atoms with Crippen molar-refractivity contribution in [1.29, 1.82) is 0 Å². The summed E-state index contributed by atoms with van der Waals surface area (Å²) in [5.74, 6) is 1.22. The first-order chi connectivity index (χ1) is 17.0. The molecular formula is C27H23N3O4S. The number of hydrogen-bond donors (Lipinski definition) is 2. The largest absolute Gasteiger partial charge is 0.497 e. The summed E-state index contributed by atoms with van der Waals surface area (Å²) in [6.45, 7) is 0.577. The lowest BCUT2D eigenvalue weighted by molar-refractivity contribution is 0.0697. The highest BCUT2D eigenvalue weighted by Gasteiger charge is 2.41. The van der Waals surface area contributed by atoms with Crippen LogP contribution in [0.3, 0.4) is 0 Å². The molecule has 0 spiro atoms. The van der Waals surface area contributed by atoms with Crippen LogP contribution in [0.5, 0.6) is 5.75 Å². The molecule has 1 aliphatic rings. The van der Waals surface area contributed by atoms with Crippen LogP contribution in [0, 0.1) is 0 Å². The van der Waals surface area contributed by atoms with Gasteiger partial charge in [0.25, 0.3) is 0 Å². The van der Waals surface area contributed by atoms with Gasteiger partial charge in [-0.3, -0.25) is 4.98 Å². The number of carbonyl (C=O) groups is 1. The average molecular weight is 486 g/mol. The topological polar surface area (TPSA) is 87.8 Å². The Morgan fingerprint density at radius 2 is 1.86 bits per heavy atom.